The summed E-state index contributed by atoms with van der Waals surface area (Å²) in [6, 6.07) is 8.58. The van der Waals surface area contributed by atoms with Gasteiger partial charge in [0.2, 0.25) is 5.91 Å². The van der Waals surface area contributed by atoms with Gasteiger partial charge < -0.3 is 10.2 Å². The lowest BCUT2D eigenvalue weighted by Gasteiger charge is -2.26. The molecule has 0 aliphatic heterocycles. The van der Waals surface area contributed by atoms with Gasteiger partial charge in [-0.1, -0.05) is 0 Å². The third-order valence-corrected chi connectivity index (χ3v) is 3.79. The van der Waals surface area contributed by atoms with Crippen molar-refractivity contribution in [2.75, 3.05) is 11.9 Å². The third-order valence-electron chi connectivity index (χ3n) is 3.79. The van der Waals surface area contributed by atoms with E-state index in [1.807, 2.05) is 0 Å². The Morgan fingerprint density at radius 1 is 1.00 bits per heavy atom. The second kappa shape index (κ2) is 8.20. The molecule has 0 saturated carbocycles. The highest BCUT2D eigenvalue weighted by molar-refractivity contribution is 5.99. The van der Waals surface area contributed by atoms with Crippen molar-refractivity contribution in [1.29, 1.82) is 0 Å². The molecule has 0 heterocycles. The molecule has 2 rings (SSSR count). The van der Waals surface area contributed by atoms with Crippen LogP contribution in [0, 0.1) is 5.82 Å². The van der Waals surface area contributed by atoms with Crippen LogP contribution < -0.4 is 5.32 Å². The van der Waals surface area contributed by atoms with Crippen LogP contribution in [-0.4, -0.2) is 29.3 Å². The molecule has 0 saturated heterocycles. The molecule has 0 aliphatic rings. The fourth-order valence-electron chi connectivity index (χ4n) is 2.34. The predicted molar refractivity (Wildman–Crippen MR) is 92.6 cm³/mol. The van der Waals surface area contributed by atoms with Gasteiger partial charge in [0.25, 0.3) is 5.91 Å². The van der Waals surface area contributed by atoms with Gasteiger partial charge >= 0.3 is 6.18 Å². The second-order valence-corrected chi connectivity index (χ2v) is 6.16. The largest absolute Gasteiger partial charge is 0.416 e. The average molecular weight is 382 g/mol. The fourth-order valence-corrected chi connectivity index (χ4v) is 2.34. The summed E-state index contributed by atoms with van der Waals surface area (Å²) < 4.78 is 50.8. The number of nitrogens with zero attached hydrogens (tertiary/aromatic N) is 1. The van der Waals surface area contributed by atoms with E-state index in [1.54, 1.807) is 13.8 Å². The minimum atomic E-state index is -4.49. The number of anilines is 1. The molecular formula is C19H18F4N2O2. The van der Waals surface area contributed by atoms with E-state index in [0.717, 1.165) is 24.3 Å². The number of carbonyl (C=O) groups is 2. The first kappa shape index (κ1) is 20.4. The molecule has 2 aromatic carbocycles. The monoisotopic (exact) mass is 382 g/mol. The molecule has 1 N–H and O–H groups in total. The van der Waals surface area contributed by atoms with Gasteiger partial charge in [0.15, 0.2) is 0 Å². The van der Waals surface area contributed by atoms with Crippen molar-refractivity contribution in [3.63, 3.8) is 0 Å². The molecule has 2 aromatic rings. The van der Waals surface area contributed by atoms with Gasteiger partial charge in [-0.25, -0.2) is 4.39 Å². The third kappa shape index (κ3) is 5.54. The van der Waals surface area contributed by atoms with E-state index in [-0.39, 0.29) is 18.2 Å². The Morgan fingerprint density at radius 3 is 2.04 bits per heavy atom. The van der Waals surface area contributed by atoms with Crippen LogP contribution in [0.25, 0.3) is 0 Å². The van der Waals surface area contributed by atoms with Crippen molar-refractivity contribution in [3.8, 4) is 0 Å². The lowest BCUT2D eigenvalue weighted by Crippen LogP contribution is -2.42. The molecule has 4 nitrogen and oxygen atoms in total. The van der Waals surface area contributed by atoms with Crippen LogP contribution in [0.4, 0.5) is 23.2 Å². The molecule has 2 amide bonds. The van der Waals surface area contributed by atoms with Gasteiger partial charge in [-0.2, -0.15) is 13.2 Å². The molecule has 144 valence electrons. The molecule has 0 radical (unpaired) electrons. The van der Waals surface area contributed by atoms with Crippen LogP contribution >= 0.6 is 0 Å². The molecule has 8 heteroatoms. The van der Waals surface area contributed by atoms with E-state index in [2.05, 4.69) is 5.32 Å². The highest BCUT2D eigenvalue weighted by Gasteiger charge is 2.30. The van der Waals surface area contributed by atoms with Crippen LogP contribution in [0.15, 0.2) is 48.5 Å². The number of hydrogen-bond donors (Lipinski definition) is 1. The lowest BCUT2D eigenvalue weighted by molar-refractivity contribution is -0.137. The minimum absolute atomic E-state index is 0.0475. The number of amides is 2. The first-order valence-corrected chi connectivity index (χ1v) is 8.11. The summed E-state index contributed by atoms with van der Waals surface area (Å²) in [6.07, 6.45) is -4.49. The number of nitrogens with one attached hydrogen (secondary N) is 1. The summed E-state index contributed by atoms with van der Waals surface area (Å²) >= 11 is 0. The molecule has 0 aliphatic carbocycles. The van der Waals surface area contributed by atoms with Crippen LogP contribution in [0.1, 0.15) is 29.8 Å². The highest BCUT2D eigenvalue weighted by atomic mass is 19.4. The molecule has 27 heavy (non-hydrogen) atoms. The Bertz CT molecular complexity index is 800. The summed E-state index contributed by atoms with van der Waals surface area (Å²) in [6.45, 7) is 3.08. The van der Waals surface area contributed by atoms with Gasteiger partial charge in [-0.3, -0.25) is 9.59 Å². The van der Waals surface area contributed by atoms with Crippen molar-refractivity contribution in [2.24, 2.45) is 0 Å². The summed E-state index contributed by atoms with van der Waals surface area (Å²) in [5, 5.41) is 2.54. The number of halogens is 4. The van der Waals surface area contributed by atoms with E-state index in [4.69, 9.17) is 0 Å². The Hall–Kier alpha value is -2.90. The van der Waals surface area contributed by atoms with Crippen molar-refractivity contribution in [3.05, 3.63) is 65.5 Å². The van der Waals surface area contributed by atoms with Crippen LogP contribution in [0.2, 0.25) is 0 Å². The zero-order valence-corrected chi connectivity index (χ0v) is 14.7. The maximum Gasteiger partial charge on any atom is 0.416 e. The Labute approximate surface area is 153 Å². The zero-order valence-electron chi connectivity index (χ0n) is 14.7. The summed E-state index contributed by atoms with van der Waals surface area (Å²) in [4.78, 5) is 26.0. The van der Waals surface area contributed by atoms with Gasteiger partial charge in [-0.05, 0) is 62.4 Å². The van der Waals surface area contributed by atoms with E-state index in [1.165, 1.54) is 29.2 Å². The second-order valence-electron chi connectivity index (χ2n) is 6.16. The first-order chi connectivity index (χ1) is 12.6. The van der Waals surface area contributed by atoms with Crippen molar-refractivity contribution in [2.45, 2.75) is 26.1 Å². The van der Waals surface area contributed by atoms with E-state index < -0.39 is 29.4 Å². The topological polar surface area (TPSA) is 49.4 Å². The number of hydrogen-bond acceptors (Lipinski definition) is 2. The zero-order chi connectivity index (χ0) is 20.2. The number of rotatable bonds is 5. The predicted octanol–water partition coefficient (Wildman–Crippen LogP) is 4.33. The van der Waals surface area contributed by atoms with Crippen molar-refractivity contribution < 1.29 is 27.2 Å². The van der Waals surface area contributed by atoms with E-state index >= 15 is 0 Å². The number of benzene rings is 2. The summed E-state index contributed by atoms with van der Waals surface area (Å²) in [5.41, 5.74) is -0.442. The van der Waals surface area contributed by atoms with Gasteiger partial charge in [0.1, 0.15) is 12.4 Å². The molecule has 0 fully saturated rings. The maximum absolute atomic E-state index is 12.9. The Morgan fingerprint density at radius 2 is 1.56 bits per heavy atom. The van der Waals surface area contributed by atoms with E-state index in [0.29, 0.717) is 5.69 Å². The minimum Gasteiger partial charge on any atom is -0.327 e. The lowest BCUT2D eigenvalue weighted by atomic mass is 10.1. The average Bonchev–Trinajstić information content (AvgIpc) is 2.60. The number of carbonyl (C=O) groups excluding carboxylic acids is 2. The number of alkyl halides is 3. The quantitative estimate of drug-likeness (QED) is 0.783. The van der Waals surface area contributed by atoms with Gasteiger partial charge in [0.05, 0.1) is 5.56 Å². The smallest absolute Gasteiger partial charge is 0.327 e. The first-order valence-electron chi connectivity index (χ1n) is 8.11. The summed E-state index contributed by atoms with van der Waals surface area (Å²) in [7, 11) is 0. The highest BCUT2D eigenvalue weighted by Crippen LogP contribution is 2.29. The van der Waals surface area contributed by atoms with Crippen LogP contribution in [-0.2, 0) is 11.0 Å². The van der Waals surface area contributed by atoms with Crippen LogP contribution in [0.3, 0.4) is 0 Å². The summed E-state index contributed by atoms with van der Waals surface area (Å²) in [5.74, 6) is -1.52. The molecule has 0 unspecified atom stereocenters. The SMILES string of the molecule is CC(C)N(CC(=O)Nc1ccc(F)cc1)C(=O)c1ccc(C(F)(F)F)cc1. The van der Waals surface area contributed by atoms with Gasteiger partial charge in [-0.15, -0.1) is 0 Å². The van der Waals surface area contributed by atoms with Gasteiger partial charge in [0, 0.05) is 17.3 Å². The molecule has 0 aromatic heterocycles. The normalized spacial score (nSPS) is 11.4. The molecule has 0 spiro atoms. The Kier molecular flexibility index (Phi) is 6.20. The fraction of sp³-hybridized carbons (Fsp3) is 0.263. The van der Waals surface area contributed by atoms with Crippen molar-refractivity contribution >= 4 is 17.5 Å². The Balaban J connectivity index is 2.10. The van der Waals surface area contributed by atoms with Crippen molar-refractivity contribution in [1.82, 2.24) is 4.90 Å². The standard InChI is InChI=1S/C19H18F4N2O2/c1-12(2)25(11-17(26)24-16-9-7-15(20)8-10-16)18(27)13-3-5-14(6-4-13)19(21,22)23/h3-10,12H,11H2,1-2H3,(H,24,26). The van der Waals surface area contributed by atoms with Crippen LogP contribution in [0.5, 0.6) is 0 Å². The molecule has 0 atom stereocenters. The molecule has 0 bridgehead atoms. The van der Waals surface area contributed by atoms with E-state index in [9.17, 15) is 27.2 Å². The molecular weight excluding hydrogens is 364 g/mol. The maximum atomic E-state index is 12.9.